The minimum absolute atomic E-state index is 0.0164. The van der Waals surface area contributed by atoms with Gasteiger partial charge in [-0.25, -0.2) is 0 Å². The van der Waals surface area contributed by atoms with Crippen molar-refractivity contribution in [2.45, 2.75) is 18.7 Å². The van der Waals surface area contributed by atoms with Crippen LogP contribution in [0.25, 0.3) is 5.57 Å². The number of hydrogen-bond donors (Lipinski definition) is 0. The zero-order valence-corrected chi connectivity index (χ0v) is 10.7. The number of alkyl halides is 3. The zero-order chi connectivity index (χ0) is 14.2. The van der Waals surface area contributed by atoms with Crippen molar-refractivity contribution in [3.8, 4) is 5.75 Å². The first kappa shape index (κ1) is 14.0. The van der Waals surface area contributed by atoms with Gasteiger partial charge in [0.1, 0.15) is 5.75 Å². The molecule has 0 bridgehead atoms. The number of rotatable bonds is 2. The van der Waals surface area contributed by atoms with Gasteiger partial charge in [-0.2, -0.15) is 13.2 Å². The van der Waals surface area contributed by atoms with Crippen LogP contribution in [0.3, 0.4) is 0 Å². The van der Waals surface area contributed by atoms with Crippen molar-refractivity contribution in [2.75, 3.05) is 0 Å². The van der Waals surface area contributed by atoms with Crippen molar-refractivity contribution in [3.05, 3.63) is 53.9 Å². The van der Waals surface area contributed by atoms with E-state index in [0.29, 0.717) is 16.2 Å². The fraction of sp³-hybridized carbons (Fsp3) is 0.214. The number of allylic oxidation sites excluding steroid dienone is 2. The van der Waals surface area contributed by atoms with Crippen LogP contribution in [-0.2, 0) is 0 Å². The molecule has 0 saturated carbocycles. The summed E-state index contributed by atoms with van der Waals surface area (Å²) in [5.41, 5.74) is 0.972. The summed E-state index contributed by atoms with van der Waals surface area (Å²) < 4.78 is 44.1. The van der Waals surface area contributed by atoms with Crippen molar-refractivity contribution in [1.29, 1.82) is 0 Å². The highest BCUT2D eigenvalue weighted by Crippen LogP contribution is 2.43. The summed E-state index contributed by atoms with van der Waals surface area (Å²) in [4.78, 5) is 0. The smallest absolute Gasteiger partial charge is 0.429 e. The van der Waals surface area contributed by atoms with E-state index in [1.165, 1.54) is 18.2 Å². The van der Waals surface area contributed by atoms with Gasteiger partial charge in [0.2, 0.25) is 6.10 Å². The standard InChI is InChI=1S/C14H11ClF3O/c1-3-9-10(4-2)13(14(16,17)18)19-12-6-5-8(15)7-11(9)12/h3,5-7,13H,1-2,4H2. The second-order valence-corrected chi connectivity index (χ2v) is 4.51. The third-order valence-electron chi connectivity index (χ3n) is 2.91. The van der Waals surface area contributed by atoms with Crippen LogP contribution >= 0.6 is 11.6 Å². The van der Waals surface area contributed by atoms with Gasteiger partial charge in [0, 0.05) is 10.6 Å². The van der Waals surface area contributed by atoms with Gasteiger partial charge in [-0.1, -0.05) is 24.3 Å². The van der Waals surface area contributed by atoms with Gasteiger partial charge in [-0.15, -0.1) is 0 Å². The van der Waals surface area contributed by atoms with Gasteiger partial charge in [-0.05, 0) is 42.7 Å². The minimum Gasteiger partial charge on any atom is -0.476 e. The van der Waals surface area contributed by atoms with Crippen LogP contribution < -0.4 is 4.74 Å². The molecule has 101 valence electrons. The van der Waals surface area contributed by atoms with Crippen LogP contribution in [0.4, 0.5) is 13.2 Å². The molecule has 1 atom stereocenters. The molecular formula is C14H11ClF3O. The SMILES string of the molecule is [CH2]CC1=C(C=C)c2cc(Cl)ccc2OC1C(F)(F)F. The van der Waals surface area contributed by atoms with E-state index in [0.717, 1.165) is 0 Å². The average molecular weight is 288 g/mol. The lowest BCUT2D eigenvalue weighted by Crippen LogP contribution is -2.38. The summed E-state index contributed by atoms with van der Waals surface area (Å²) in [6.07, 6.45) is -5.10. The van der Waals surface area contributed by atoms with Crippen molar-refractivity contribution in [3.63, 3.8) is 0 Å². The van der Waals surface area contributed by atoms with Crippen LogP contribution in [0.5, 0.6) is 5.75 Å². The Kier molecular flexibility index (Phi) is 3.63. The molecule has 0 aliphatic carbocycles. The molecule has 1 radical (unpaired) electrons. The molecule has 1 nitrogen and oxygen atoms in total. The van der Waals surface area contributed by atoms with Gasteiger partial charge >= 0.3 is 6.18 Å². The molecule has 1 aliphatic rings. The molecule has 2 rings (SSSR count). The van der Waals surface area contributed by atoms with Crippen molar-refractivity contribution < 1.29 is 17.9 Å². The van der Waals surface area contributed by atoms with E-state index in [4.69, 9.17) is 16.3 Å². The Bertz CT molecular complexity index is 546. The first-order valence-corrected chi connectivity index (χ1v) is 5.94. The molecule has 0 amide bonds. The molecule has 1 aromatic carbocycles. The fourth-order valence-corrected chi connectivity index (χ4v) is 2.27. The molecule has 1 aliphatic heterocycles. The van der Waals surface area contributed by atoms with Crippen LogP contribution in [0.2, 0.25) is 5.02 Å². The lowest BCUT2D eigenvalue weighted by Gasteiger charge is -2.31. The first-order chi connectivity index (χ1) is 8.88. The summed E-state index contributed by atoms with van der Waals surface area (Å²) in [5.74, 6) is 0.152. The zero-order valence-electron chi connectivity index (χ0n) is 9.93. The molecule has 1 heterocycles. The van der Waals surface area contributed by atoms with E-state index in [2.05, 4.69) is 13.5 Å². The topological polar surface area (TPSA) is 9.23 Å². The average Bonchev–Trinajstić information content (AvgIpc) is 2.35. The summed E-state index contributed by atoms with van der Waals surface area (Å²) in [6, 6.07) is 4.49. The molecule has 0 N–H and O–H groups in total. The van der Waals surface area contributed by atoms with Crippen molar-refractivity contribution in [1.82, 2.24) is 0 Å². The van der Waals surface area contributed by atoms with Gasteiger partial charge in [0.15, 0.2) is 0 Å². The van der Waals surface area contributed by atoms with Gasteiger partial charge in [0.05, 0.1) is 0 Å². The Morgan fingerprint density at radius 1 is 1.37 bits per heavy atom. The normalized spacial score (nSPS) is 18.9. The second-order valence-electron chi connectivity index (χ2n) is 4.07. The van der Waals surface area contributed by atoms with Gasteiger partial charge in [-0.3, -0.25) is 0 Å². The maximum atomic E-state index is 13.0. The highest BCUT2D eigenvalue weighted by atomic mass is 35.5. The van der Waals surface area contributed by atoms with Crippen LogP contribution in [0.1, 0.15) is 12.0 Å². The Morgan fingerprint density at radius 2 is 2.05 bits per heavy atom. The molecule has 0 spiro atoms. The Hall–Kier alpha value is -1.42. The lowest BCUT2D eigenvalue weighted by molar-refractivity contribution is -0.184. The largest absolute Gasteiger partial charge is 0.476 e. The van der Waals surface area contributed by atoms with Crippen LogP contribution in [-0.4, -0.2) is 12.3 Å². The number of ether oxygens (including phenoxy) is 1. The maximum Gasteiger partial charge on any atom is 0.429 e. The lowest BCUT2D eigenvalue weighted by atomic mass is 9.91. The Labute approximate surface area is 114 Å². The molecular weight excluding hydrogens is 277 g/mol. The fourth-order valence-electron chi connectivity index (χ4n) is 2.10. The van der Waals surface area contributed by atoms with Crippen LogP contribution in [0.15, 0.2) is 36.4 Å². The van der Waals surface area contributed by atoms with Gasteiger partial charge < -0.3 is 4.74 Å². The van der Waals surface area contributed by atoms with E-state index in [9.17, 15) is 13.2 Å². The quantitative estimate of drug-likeness (QED) is 0.757. The highest BCUT2D eigenvalue weighted by molar-refractivity contribution is 6.30. The maximum absolute atomic E-state index is 13.0. The molecule has 5 heteroatoms. The number of benzene rings is 1. The number of fused-ring (bicyclic) bond motifs is 1. The molecule has 0 aromatic heterocycles. The van der Waals surface area contributed by atoms with Crippen molar-refractivity contribution >= 4 is 17.2 Å². The van der Waals surface area contributed by atoms with E-state index in [1.54, 1.807) is 6.07 Å². The second kappa shape index (κ2) is 4.93. The van der Waals surface area contributed by atoms with Gasteiger partial charge in [0.25, 0.3) is 0 Å². The predicted molar refractivity (Wildman–Crippen MR) is 69.0 cm³/mol. The Morgan fingerprint density at radius 3 is 2.58 bits per heavy atom. The number of hydrogen-bond acceptors (Lipinski definition) is 1. The van der Waals surface area contributed by atoms with Crippen LogP contribution in [0, 0.1) is 6.92 Å². The van der Waals surface area contributed by atoms with E-state index in [1.807, 2.05) is 0 Å². The molecule has 1 aromatic rings. The summed E-state index contributed by atoms with van der Waals surface area (Å²) in [6.45, 7) is 7.12. The third kappa shape index (κ3) is 2.50. The molecule has 0 fully saturated rings. The highest BCUT2D eigenvalue weighted by Gasteiger charge is 2.46. The minimum atomic E-state index is -4.49. The van der Waals surface area contributed by atoms with E-state index < -0.39 is 12.3 Å². The molecule has 0 saturated heterocycles. The summed E-state index contributed by atoms with van der Waals surface area (Å²) in [5, 5.41) is 0.426. The summed E-state index contributed by atoms with van der Waals surface area (Å²) >= 11 is 5.87. The van der Waals surface area contributed by atoms with E-state index >= 15 is 0 Å². The number of halogens is 4. The van der Waals surface area contributed by atoms with E-state index in [-0.39, 0.29) is 17.7 Å². The first-order valence-electron chi connectivity index (χ1n) is 5.56. The third-order valence-corrected chi connectivity index (χ3v) is 3.14. The molecule has 1 unspecified atom stereocenters. The monoisotopic (exact) mass is 287 g/mol. The van der Waals surface area contributed by atoms with Crippen molar-refractivity contribution in [2.24, 2.45) is 0 Å². The predicted octanol–water partition coefficient (Wildman–Crippen LogP) is 4.83. The molecule has 19 heavy (non-hydrogen) atoms. The Balaban J connectivity index is 2.66. The summed E-state index contributed by atoms with van der Waals surface area (Å²) in [7, 11) is 0.